The number of halogens is 1. The fourth-order valence-electron chi connectivity index (χ4n) is 1.67. The molecule has 0 saturated carbocycles. The van der Waals surface area contributed by atoms with E-state index in [1.165, 1.54) is 0 Å². The Morgan fingerprint density at radius 3 is 2.79 bits per heavy atom. The molecule has 0 unspecified atom stereocenters. The van der Waals surface area contributed by atoms with Gasteiger partial charge in [0.15, 0.2) is 0 Å². The number of nitrogen functional groups attached to an aromatic ring is 1. The zero-order valence-electron chi connectivity index (χ0n) is 10.3. The van der Waals surface area contributed by atoms with Crippen LogP contribution in [0.25, 0.3) is 0 Å². The molecule has 0 heterocycles. The second-order valence-electron chi connectivity index (χ2n) is 4.16. The van der Waals surface area contributed by atoms with Crippen LogP contribution in [0, 0.1) is 6.92 Å². The predicted molar refractivity (Wildman–Crippen MR) is 76.7 cm³/mol. The molecule has 19 heavy (non-hydrogen) atoms. The Morgan fingerprint density at radius 1 is 1.32 bits per heavy atom. The molecular weight excluding hydrogens is 264 g/mol. The molecule has 0 aromatic heterocycles. The lowest BCUT2D eigenvalue weighted by molar-refractivity contribution is 0.102. The van der Waals surface area contributed by atoms with E-state index in [-0.39, 0.29) is 11.3 Å². The Balaban J connectivity index is 2.31. The zero-order chi connectivity index (χ0) is 14.0. The fraction of sp³-hybridized carbons (Fsp3) is 0.0714. The fourth-order valence-corrected chi connectivity index (χ4v) is 1.84. The number of nitrogens with one attached hydrogen (secondary N) is 1. The van der Waals surface area contributed by atoms with Crippen LogP contribution in [0.15, 0.2) is 36.4 Å². The minimum absolute atomic E-state index is 0.0411. The highest BCUT2D eigenvalue weighted by Crippen LogP contribution is 2.26. The van der Waals surface area contributed by atoms with Gasteiger partial charge in [0.25, 0.3) is 5.91 Å². The van der Waals surface area contributed by atoms with Crippen LogP contribution < -0.4 is 11.1 Å². The number of carbonyl (C=O) groups is 1. The molecule has 4 N–H and O–H groups in total. The molecular formula is C14H13ClN2O2. The second kappa shape index (κ2) is 5.20. The third kappa shape index (κ3) is 2.80. The second-order valence-corrected chi connectivity index (χ2v) is 4.59. The molecule has 0 atom stereocenters. The van der Waals surface area contributed by atoms with Crippen molar-refractivity contribution in [3.8, 4) is 5.75 Å². The summed E-state index contributed by atoms with van der Waals surface area (Å²) in [5.41, 5.74) is 7.40. The Hall–Kier alpha value is -2.20. The number of para-hydroxylation sites is 1. The molecule has 5 heteroatoms. The van der Waals surface area contributed by atoms with Crippen LogP contribution in [0.4, 0.5) is 11.4 Å². The number of phenolic OH excluding ortho intramolecular Hbond substituents is 1. The summed E-state index contributed by atoms with van der Waals surface area (Å²) in [5, 5.41) is 12.9. The van der Waals surface area contributed by atoms with E-state index in [0.717, 1.165) is 0 Å². The Kier molecular flexibility index (Phi) is 3.62. The number of phenols is 1. The van der Waals surface area contributed by atoms with Crippen LogP contribution in [-0.4, -0.2) is 11.0 Å². The van der Waals surface area contributed by atoms with Gasteiger partial charge >= 0.3 is 0 Å². The topological polar surface area (TPSA) is 75.4 Å². The van der Waals surface area contributed by atoms with Crippen LogP contribution in [0.2, 0.25) is 5.02 Å². The first kappa shape index (κ1) is 13.2. The minimum atomic E-state index is -0.435. The average Bonchev–Trinajstić information content (AvgIpc) is 2.37. The Labute approximate surface area is 115 Å². The summed E-state index contributed by atoms with van der Waals surface area (Å²) in [6.07, 6.45) is 0. The van der Waals surface area contributed by atoms with Crippen molar-refractivity contribution < 1.29 is 9.90 Å². The number of benzene rings is 2. The first-order chi connectivity index (χ1) is 8.99. The number of aryl methyl sites for hydroxylation is 1. The summed E-state index contributed by atoms with van der Waals surface area (Å²) >= 11 is 5.85. The van der Waals surface area contributed by atoms with Crippen molar-refractivity contribution in [2.75, 3.05) is 11.1 Å². The van der Waals surface area contributed by atoms with Crippen molar-refractivity contribution in [3.05, 3.63) is 52.5 Å². The lowest BCUT2D eigenvalue weighted by Crippen LogP contribution is -2.13. The number of aromatic hydroxyl groups is 1. The van der Waals surface area contributed by atoms with Crippen LogP contribution >= 0.6 is 11.6 Å². The van der Waals surface area contributed by atoms with Gasteiger partial charge in [0.05, 0.1) is 16.9 Å². The molecule has 0 spiro atoms. The van der Waals surface area contributed by atoms with Gasteiger partial charge < -0.3 is 16.2 Å². The third-order valence-electron chi connectivity index (χ3n) is 2.75. The lowest BCUT2D eigenvalue weighted by Gasteiger charge is -2.10. The van der Waals surface area contributed by atoms with Crippen molar-refractivity contribution in [1.82, 2.24) is 0 Å². The molecule has 0 saturated heterocycles. The summed E-state index contributed by atoms with van der Waals surface area (Å²) in [5.74, 6) is -0.476. The first-order valence-electron chi connectivity index (χ1n) is 5.64. The van der Waals surface area contributed by atoms with E-state index in [9.17, 15) is 9.90 Å². The summed E-state index contributed by atoms with van der Waals surface area (Å²) in [4.78, 5) is 12.1. The maximum Gasteiger partial charge on any atom is 0.259 e. The molecule has 0 aliphatic carbocycles. The molecule has 2 rings (SSSR count). The van der Waals surface area contributed by atoms with E-state index in [1.807, 2.05) is 0 Å². The maximum absolute atomic E-state index is 12.1. The number of anilines is 2. The first-order valence-corrected chi connectivity index (χ1v) is 6.02. The highest BCUT2D eigenvalue weighted by atomic mass is 35.5. The van der Waals surface area contributed by atoms with E-state index in [2.05, 4.69) is 5.32 Å². The van der Waals surface area contributed by atoms with Gasteiger partial charge in [-0.05, 0) is 36.8 Å². The van der Waals surface area contributed by atoms with Crippen LogP contribution in [-0.2, 0) is 0 Å². The van der Waals surface area contributed by atoms with E-state index in [4.69, 9.17) is 17.3 Å². The number of nitrogens with two attached hydrogens (primary N) is 1. The molecule has 1 amide bonds. The quantitative estimate of drug-likeness (QED) is 0.737. The summed E-state index contributed by atoms with van der Waals surface area (Å²) in [6.45, 7) is 1.72. The zero-order valence-corrected chi connectivity index (χ0v) is 11.0. The normalized spacial score (nSPS) is 10.2. The smallest absolute Gasteiger partial charge is 0.259 e. The highest BCUT2D eigenvalue weighted by Gasteiger charge is 2.13. The number of hydrogen-bond donors (Lipinski definition) is 3. The van der Waals surface area contributed by atoms with Crippen molar-refractivity contribution in [2.45, 2.75) is 6.92 Å². The van der Waals surface area contributed by atoms with Crippen molar-refractivity contribution >= 4 is 28.9 Å². The van der Waals surface area contributed by atoms with Gasteiger partial charge in [-0.15, -0.1) is 0 Å². The molecule has 2 aromatic rings. The largest absolute Gasteiger partial charge is 0.507 e. The molecule has 4 nitrogen and oxygen atoms in total. The van der Waals surface area contributed by atoms with Gasteiger partial charge in [-0.1, -0.05) is 23.7 Å². The average molecular weight is 277 g/mol. The molecule has 98 valence electrons. The van der Waals surface area contributed by atoms with E-state index in [0.29, 0.717) is 22.0 Å². The molecule has 2 aromatic carbocycles. The van der Waals surface area contributed by atoms with E-state index >= 15 is 0 Å². The standard InChI is InChI=1S/C14H13ClN2O2/c1-8-3-2-4-10(13(8)18)14(19)17-12-7-9(15)5-6-11(12)16/h2-7,18H,16H2,1H3,(H,17,19). The van der Waals surface area contributed by atoms with Gasteiger partial charge in [0.1, 0.15) is 5.75 Å². The summed E-state index contributed by atoms with van der Waals surface area (Å²) in [7, 11) is 0. The van der Waals surface area contributed by atoms with Gasteiger partial charge in [-0.2, -0.15) is 0 Å². The predicted octanol–water partition coefficient (Wildman–Crippen LogP) is 3.19. The highest BCUT2D eigenvalue weighted by molar-refractivity contribution is 6.31. The molecule has 0 bridgehead atoms. The Morgan fingerprint density at radius 2 is 2.05 bits per heavy atom. The van der Waals surface area contributed by atoms with Crippen molar-refractivity contribution in [3.63, 3.8) is 0 Å². The number of rotatable bonds is 2. The number of amides is 1. The lowest BCUT2D eigenvalue weighted by atomic mass is 10.1. The summed E-state index contributed by atoms with van der Waals surface area (Å²) < 4.78 is 0. The minimum Gasteiger partial charge on any atom is -0.507 e. The van der Waals surface area contributed by atoms with Crippen LogP contribution in [0.3, 0.4) is 0 Å². The van der Waals surface area contributed by atoms with Crippen molar-refractivity contribution in [2.24, 2.45) is 0 Å². The van der Waals surface area contributed by atoms with Gasteiger partial charge in [-0.3, -0.25) is 4.79 Å². The number of hydrogen-bond acceptors (Lipinski definition) is 3. The maximum atomic E-state index is 12.1. The molecule has 0 radical (unpaired) electrons. The Bertz CT molecular complexity index is 641. The van der Waals surface area contributed by atoms with Crippen LogP contribution in [0.5, 0.6) is 5.75 Å². The van der Waals surface area contributed by atoms with Gasteiger partial charge in [0.2, 0.25) is 0 Å². The molecule has 0 aliphatic heterocycles. The van der Waals surface area contributed by atoms with E-state index < -0.39 is 5.91 Å². The van der Waals surface area contributed by atoms with Gasteiger partial charge in [0, 0.05) is 5.02 Å². The summed E-state index contributed by atoms with van der Waals surface area (Å²) in [6, 6.07) is 9.76. The third-order valence-corrected chi connectivity index (χ3v) is 2.98. The SMILES string of the molecule is Cc1cccc(C(=O)Nc2cc(Cl)ccc2N)c1O. The van der Waals surface area contributed by atoms with Gasteiger partial charge in [-0.25, -0.2) is 0 Å². The monoisotopic (exact) mass is 276 g/mol. The van der Waals surface area contributed by atoms with Crippen LogP contribution in [0.1, 0.15) is 15.9 Å². The van der Waals surface area contributed by atoms with Crippen molar-refractivity contribution in [1.29, 1.82) is 0 Å². The molecule has 0 aliphatic rings. The number of carbonyl (C=O) groups excluding carboxylic acids is 1. The molecule has 0 fully saturated rings. The van der Waals surface area contributed by atoms with E-state index in [1.54, 1.807) is 43.3 Å².